The molecule has 2 bridgehead atoms. The average molecular weight is 228 g/mol. The summed E-state index contributed by atoms with van der Waals surface area (Å²) < 4.78 is 0. The van der Waals surface area contributed by atoms with Gasteiger partial charge in [-0.05, 0) is 55.9 Å². The van der Waals surface area contributed by atoms with Gasteiger partial charge in [0.25, 0.3) is 0 Å². The van der Waals surface area contributed by atoms with Gasteiger partial charge in [0.2, 0.25) is 0 Å². The zero-order chi connectivity index (χ0) is 11.8. The number of carbonyl (C=O) groups is 1. The summed E-state index contributed by atoms with van der Waals surface area (Å²) in [6.45, 7) is 1.77. The molecule has 90 valence electrons. The monoisotopic (exact) mass is 228 g/mol. The van der Waals surface area contributed by atoms with E-state index >= 15 is 0 Å². The highest BCUT2D eigenvalue weighted by Gasteiger charge is 2.47. The van der Waals surface area contributed by atoms with Gasteiger partial charge in [-0.1, -0.05) is 30.3 Å². The fourth-order valence-corrected chi connectivity index (χ4v) is 4.23. The second-order valence-corrected chi connectivity index (χ2v) is 5.75. The molecule has 2 saturated carbocycles. The van der Waals surface area contributed by atoms with Crippen LogP contribution in [0.1, 0.15) is 44.1 Å². The van der Waals surface area contributed by atoms with Crippen LogP contribution in [0.25, 0.3) is 0 Å². The topological polar surface area (TPSA) is 17.1 Å². The van der Waals surface area contributed by atoms with Crippen molar-refractivity contribution in [3.63, 3.8) is 0 Å². The summed E-state index contributed by atoms with van der Waals surface area (Å²) in [5.41, 5.74) is 1.24. The lowest BCUT2D eigenvalue weighted by Crippen LogP contribution is -2.23. The summed E-state index contributed by atoms with van der Waals surface area (Å²) in [4.78, 5) is 12.1. The maximum absolute atomic E-state index is 12.1. The Bertz CT molecular complexity index is 389. The van der Waals surface area contributed by atoms with E-state index in [9.17, 15) is 4.79 Å². The molecule has 3 rings (SSSR count). The minimum absolute atomic E-state index is 0.163. The fourth-order valence-electron chi connectivity index (χ4n) is 4.23. The number of fused-ring (bicyclic) bond motifs is 2. The predicted octanol–water partition coefficient (Wildman–Crippen LogP) is 3.80. The van der Waals surface area contributed by atoms with Crippen molar-refractivity contribution in [2.75, 3.05) is 0 Å². The van der Waals surface area contributed by atoms with Gasteiger partial charge in [-0.3, -0.25) is 4.79 Å². The zero-order valence-electron chi connectivity index (χ0n) is 10.4. The molecule has 2 aliphatic carbocycles. The minimum Gasteiger partial charge on any atom is -0.299 e. The molecule has 0 unspecified atom stereocenters. The molecule has 0 amide bonds. The molecule has 0 radical (unpaired) electrons. The van der Waals surface area contributed by atoms with E-state index in [1.165, 1.54) is 31.2 Å². The third-order valence-electron chi connectivity index (χ3n) is 4.89. The molecule has 1 heteroatoms. The summed E-state index contributed by atoms with van der Waals surface area (Å²) >= 11 is 0. The highest BCUT2D eigenvalue weighted by atomic mass is 16.1. The Labute approximate surface area is 103 Å². The second kappa shape index (κ2) is 4.29. The smallest absolute Gasteiger partial charge is 0.137 e. The molecule has 0 heterocycles. The molecule has 0 aliphatic heterocycles. The highest BCUT2D eigenvalue weighted by molar-refractivity contribution is 5.84. The largest absolute Gasteiger partial charge is 0.299 e. The van der Waals surface area contributed by atoms with E-state index in [0.29, 0.717) is 11.7 Å². The van der Waals surface area contributed by atoms with E-state index in [2.05, 4.69) is 24.3 Å². The number of benzene rings is 1. The van der Waals surface area contributed by atoms with Crippen LogP contribution >= 0.6 is 0 Å². The van der Waals surface area contributed by atoms with Gasteiger partial charge in [0.1, 0.15) is 5.78 Å². The van der Waals surface area contributed by atoms with E-state index < -0.39 is 0 Å². The van der Waals surface area contributed by atoms with Crippen molar-refractivity contribution in [1.82, 2.24) is 0 Å². The third kappa shape index (κ3) is 1.82. The number of hydrogen-bond donors (Lipinski definition) is 0. The fraction of sp³-hybridized carbons (Fsp3) is 0.562. The van der Waals surface area contributed by atoms with E-state index in [1.54, 1.807) is 6.92 Å². The Hall–Kier alpha value is -1.11. The van der Waals surface area contributed by atoms with Gasteiger partial charge in [-0.15, -0.1) is 0 Å². The van der Waals surface area contributed by atoms with Gasteiger partial charge < -0.3 is 0 Å². The molecule has 2 fully saturated rings. The molecule has 1 nitrogen and oxygen atoms in total. The molecule has 0 saturated heterocycles. The standard InChI is InChI=1S/C16H20O/c1-11(17)15(12-5-3-2-4-6-12)16-13-7-8-14(16)10-9-13/h2-6,13-16H,7-10H2,1H3/t13?,14?,15-,16?/m0/s1. The molecule has 1 aromatic carbocycles. The quantitative estimate of drug-likeness (QED) is 0.769. The molecule has 0 N–H and O–H groups in total. The van der Waals surface area contributed by atoms with Crippen LogP contribution in [-0.4, -0.2) is 5.78 Å². The molecule has 1 aromatic rings. The molecular weight excluding hydrogens is 208 g/mol. The Kier molecular flexibility index (Phi) is 2.78. The van der Waals surface area contributed by atoms with Crippen LogP contribution in [0.15, 0.2) is 30.3 Å². The van der Waals surface area contributed by atoms with Crippen LogP contribution in [0.4, 0.5) is 0 Å². The van der Waals surface area contributed by atoms with Crippen molar-refractivity contribution in [3.8, 4) is 0 Å². The highest BCUT2D eigenvalue weighted by Crippen LogP contribution is 2.54. The lowest BCUT2D eigenvalue weighted by molar-refractivity contribution is -0.120. The first-order valence-corrected chi connectivity index (χ1v) is 6.83. The van der Waals surface area contributed by atoms with Crippen LogP contribution in [0, 0.1) is 17.8 Å². The number of rotatable bonds is 3. The summed E-state index contributed by atoms with van der Waals surface area (Å²) in [5, 5.41) is 0. The van der Waals surface area contributed by atoms with E-state index in [4.69, 9.17) is 0 Å². The van der Waals surface area contributed by atoms with Crippen molar-refractivity contribution in [2.45, 2.75) is 38.5 Å². The molecular formula is C16H20O. The molecule has 0 spiro atoms. The summed E-state index contributed by atoms with van der Waals surface area (Å²) in [5.74, 6) is 2.79. The molecule has 17 heavy (non-hydrogen) atoms. The van der Waals surface area contributed by atoms with Crippen LogP contribution in [0.5, 0.6) is 0 Å². The summed E-state index contributed by atoms with van der Waals surface area (Å²) in [6.07, 6.45) is 5.41. The lowest BCUT2D eigenvalue weighted by atomic mass is 9.77. The molecule has 1 atom stereocenters. The zero-order valence-corrected chi connectivity index (χ0v) is 10.4. The van der Waals surface area contributed by atoms with Crippen LogP contribution < -0.4 is 0 Å². The Morgan fingerprint density at radius 2 is 1.59 bits per heavy atom. The Balaban J connectivity index is 1.94. The summed E-state index contributed by atoms with van der Waals surface area (Å²) in [6, 6.07) is 10.4. The van der Waals surface area contributed by atoms with Gasteiger partial charge in [0.15, 0.2) is 0 Å². The Morgan fingerprint density at radius 3 is 2.06 bits per heavy atom. The van der Waals surface area contributed by atoms with E-state index in [0.717, 1.165) is 11.8 Å². The van der Waals surface area contributed by atoms with Crippen molar-refractivity contribution in [2.24, 2.45) is 17.8 Å². The first-order chi connectivity index (χ1) is 8.27. The summed E-state index contributed by atoms with van der Waals surface area (Å²) in [7, 11) is 0. The predicted molar refractivity (Wildman–Crippen MR) is 68.8 cm³/mol. The van der Waals surface area contributed by atoms with E-state index in [1.807, 2.05) is 6.07 Å². The first-order valence-electron chi connectivity index (χ1n) is 6.83. The average Bonchev–Trinajstić information content (AvgIpc) is 2.91. The lowest BCUT2D eigenvalue weighted by Gasteiger charge is -2.25. The first kappa shape index (κ1) is 11.0. The van der Waals surface area contributed by atoms with Crippen molar-refractivity contribution >= 4 is 5.78 Å². The molecule has 2 aliphatic rings. The van der Waals surface area contributed by atoms with Crippen molar-refractivity contribution < 1.29 is 4.79 Å². The SMILES string of the molecule is CC(=O)[C@@H](c1ccccc1)C1C2CCC1CC2. The van der Waals surface area contributed by atoms with Crippen molar-refractivity contribution in [3.05, 3.63) is 35.9 Å². The van der Waals surface area contributed by atoms with Gasteiger partial charge in [0, 0.05) is 5.92 Å². The third-order valence-corrected chi connectivity index (χ3v) is 4.89. The van der Waals surface area contributed by atoms with Gasteiger partial charge in [0.05, 0.1) is 0 Å². The van der Waals surface area contributed by atoms with Crippen LogP contribution in [0.2, 0.25) is 0 Å². The van der Waals surface area contributed by atoms with Gasteiger partial charge >= 0.3 is 0 Å². The van der Waals surface area contributed by atoms with E-state index in [-0.39, 0.29) is 5.92 Å². The normalized spacial score (nSPS) is 32.6. The maximum atomic E-state index is 12.1. The number of hydrogen-bond acceptors (Lipinski definition) is 1. The van der Waals surface area contributed by atoms with Gasteiger partial charge in [-0.2, -0.15) is 0 Å². The number of carbonyl (C=O) groups excluding carboxylic acids is 1. The van der Waals surface area contributed by atoms with Crippen molar-refractivity contribution in [1.29, 1.82) is 0 Å². The van der Waals surface area contributed by atoms with Crippen LogP contribution in [0.3, 0.4) is 0 Å². The second-order valence-electron chi connectivity index (χ2n) is 5.75. The number of ketones is 1. The Morgan fingerprint density at radius 1 is 1.06 bits per heavy atom. The maximum Gasteiger partial charge on any atom is 0.137 e. The minimum atomic E-state index is 0.163. The number of Topliss-reactive ketones (excluding diaryl/α,β-unsaturated/α-hetero) is 1. The molecule has 0 aromatic heterocycles. The van der Waals surface area contributed by atoms with Crippen LogP contribution in [-0.2, 0) is 4.79 Å². The van der Waals surface area contributed by atoms with Gasteiger partial charge in [-0.25, -0.2) is 0 Å².